The summed E-state index contributed by atoms with van der Waals surface area (Å²) in [4.78, 5) is 13.1. The Kier molecular flexibility index (Phi) is 6.06. The lowest BCUT2D eigenvalue weighted by molar-refractivity contribution is -0.122. The van der Waals surface area contributed by atoms with Crippen molar-refractivity contribution in [3.63, 3.8) is 0 Å². The number of hydrogen-bond donors (Lipinski definition) is 0. The van der Waals surface area contributed by atoms with Gasteiger partial charge in [0.15, 0.2) is 5.78 Å². The third kappa shape index (κ3) is 4.41. The van der Waals surface area contributed by atoms with Gasteiger partial charge in [-0.3, -0.25) is 4.79 Å². The lowest BCUT2D eigenvalue weighted by Gasteiger charge is -2.21. The lowest BCUT2D eigenvalue weighted by atomic mass is 9.98. The summed E-state index contributed by atoms with van der Waals surface area (Å²) in [5.41, 5.74) is 3.51. The van der Waals surface area contributed by atoms with Crippen LogP contribution in [0, 0.1) is 5.82 Å². The minimum atomic E-state index is -4.01. The fraction of sp³-hybridized carbons (Fsp3) is 0.222. The molecule has 1 unspecified atom stereocenters. The Labute approximate surface area is 197 Å². The van der Waals surface area contributed by atoms with Gasteiger partial charge in [0.25, 0.3) is 10.0 Å². The number of furan rings is 1. The van der Waals surface area contributed by atoms with Gasteiger partial charge in [-0.2, -0.15) is 4.31 Å². The molecule has 174 valence electrons. The Balaban J connectivity index is 1.31. The molecule has 0 saturated carbocycles. The molecule has 5 rings (SSSR count). The quantitative estimate of drug-likeness (QED) is 0.348. The van der Waals surface area contributed by atoms with Crippen LogP contribution in [0.2, 0.25) is 0 Å². The Morgan fingerprint density at radius 3 is 2.59 bits per heavy atom. The van der Waals surface area contributed by atoms with Gasteiger partial charge < -0.3 is 4.42 Å². The number of Topliss-reactive ketones (excluding diaryl/α,β-unsaturated/α-hetero) is 1. The third-order valence-corrected chi connectivity index (χ3v) is 8.05. The smallest absolute Gasteiger partial charge is 0.277 e. The third-order valence-electron chi connectivity index (χ3n) is 6.29. The minimum absolute atomic E-state index is 0.103. The Hall–Kier alpha value is -3.29. The predicted octanol–water partition coefficient (Wildman–Crippen LogP) is 5.59. The molecule has 0 amide bonds. The zero-order valence-electron chi connectivity index (χ0n) is 18.5. The highest BCUT2D eigenvalue weighted by Gasteiger charge is 2.40. The van der Waals surface area contributed by atoms with E-state index in [4.69, 9.17) is 4.42 Å². The molecule has 0 spiro atoms. The molecule has 3 aromatic carbocycles. The molecule has 34 heavy (non-hydrogen) atoms. The maximum Gasteiger partial charge on any atom is 0.277 e. The molecule has 2 heterocycles. The summed E-state index contributed by atoms with van der Waals surface area (Å²) >= 11 is 0. The van der Waals surface area contributed by atoms with E-state index in [0.29, 0.717) is 30.2 Å². The number of aryl methyl sites for hydroxylation is 1. The molecular formula is C27H24FNO4S. The van der Waals surface area contributed by atoms with Crippen LogP contribution in [0.1, 0.15) is 24.8 Å². The number of fused-ring (bicyclic) bond motifs is 1. The molecule has 5 nitrogen and oxygen atoms in total. The summed E-state index contributed by atoms with van der Waals surface area (Å²) in [7, 11) is -4.01. The first-order valence-electron chi connectivity index (χ1n) is 11.3. The highest BCUT2D eigenvalue weighted by atomic mass is 32.2. The molecule has 1 aromatic heterocycles. The first-order valence-corrected chi connectivity index (χ1v) is 12.7. The monoisotopic (exact) mass is 477 g/mol. The second-order valence-corrected chi connectivity index (χ2v) is 10.4. The van der Waals surface area contributed by atoms with Crippen LogP contribution in [0.15, 0.2) is 88.4 Å². The molecule has 1 fully saturated rings. The first kappa shape index (κ1) is 22.5. The highest BCUT2D eigenvalue weighted by Crippen LogP contribution is 2.31. The molecule has 0 bridgehead atoms. The maximum absolute atomic E-state index is 13.5. The van der Waals surface area contributed by atoms with Crippen molar-refractivity contribution in [2.45, 2.75) is 36.8 Å². The number of nitrogens with zero attached hydrogens (tertiary/aromatic N) is 1. The van der Waals surface area contributed by atoms with Crippen molar-refractivity contribution in [1.82, 2.24) is 4.31 Å². The van der Waals surface area contributed by atoms with E-state index in [0.717, 1.165) is 16.7 Å². The van der Waals surface area contributed by atoms with Crippen LogP contribution in [0.3, 0.4) is 0 Å². The zero-order valence-corrected chi connectivity index (χ0v) is 19.3. The fourth-order valence-electron chi connectivity index (χ4n) is 4.55. The van der Waals surface area contributed by atoms with E-state index in [1.807, 2.05) is 48.5 Å². The molecule has 0 radical (unpaired) electrons. The van der Waals surface area contributed by atoms with Crippen molar-refractivity contribution in [2.24, 2.45) is 0 Å². The van der Waals surface area contributed by atoms with E-state index in [-0.39, 0.29) is 23.8 Å². The number of rotatable bonds is 7. The van der Waals surface area contributed by atoms with Gasteiger partial charge in [0, 0.05) is 24.4 Å². The molecule has 0 N–H and O–H groups in total. The van der Waals surface area contributed by atoms with Gasteiger partial charge in [-0.05, 0) is 54.2 Å². The van der Waals surface area contributed by atoms with Crippen molar-refractivity contribution in [3.8, 4) is 11.1 Å². The molecule has 1 atom stereocenters. The van der Waals surface area contributed by atoms with Crippen molar-refractivity contribution in [1.29, 1.82) is 0 Å². The average molecular weight is 478 g/mol. The number of benzene rings is 3. The predicted molar refractivity (Wildman–Crippen MR) is 128 cm³/mol. The first-order chi connectivity index (χ1) is 16.4. The van der Waals surface area contributed by atoms with E-state index >= 15 is 0 Å². The average Bonchev–Trinajstić information content (AvgIpc) is 3.51. The molecule has 1 aliphatic heterocycles. The summed E-state index contributed by atoms with van der Waals surface area (Å²) in [6.07, 6.45) is 1.87. The van der Waals surface area contributed by atoms with Crippen LogP contribution in [-0.4, -0.2) is 31.1 Å². The summed E-state index contributed by atoms with van der Waals surface area (Å²) in [5.74, 6) is -0.573. The van der Waals surface area contributed by atoms with Crippen molar-refractivity contribution in [2.75, 3.05) is 6.54 Å². The Morgan fingerprint density at radius 1 is 0.971 bits per heavy atom. The van der Waals surface area contributed by atoms with Gasteiger partial charge >= 0.3 is 0 Å². The SMILES string of the molecule is O=C(CCc1cccc(-c2ccccc2)c1)C1CCCN1S(=O)(=O)c1cc2cc(F)ccc2o1. The summed E-state index contributed by atoms with van der Waals surface area (Å²) in [6.45, 7) is 0.258. The molecular weight excluding hydrogens is 453 g/mol. The molecule has 7 heteroatoms. The van der Waals surface area contributed by atoms with Crippen LogP contribution >= 0.6 is 0 Å². The van der Waals surface area contributed by atoms with E-state index in [2.05, 4.69) is 6.07 Å². The lowest BCUT2D eigenvalue weighted by Crippen LogP contribution is -2.40. The standard InChI is InChI=1S/C27H24FNO4S/c28-23-12-14-26-22(17-23)18-27(33-26)34(31,32)29-15-5-10-24(29)25(30)13-11-19-6-4-9-21(16-19)20-7-2-1-3-8-20/h1-4,6-9,12,14,16-18,24H,5,10-11,13,15H2. The summed E-state index contributed by atoms with van der Waals surface area (Å²) in [6, 6.07) is 22.5. The van der Waals surface area contributed by atoms with Crippen molar-refractivity contribution in [3.05, 3.63) is 90.2 Å². The number of halogens is 1. The largest absolute Gasteiger partial charge is 0.443 e. The van der Waals surface area contributed by atoms with E-state index in [9.17, 15) is 17.6 Å². The van der Waals surface area contributed by atoms with Crippen LogP contribution in [0.4, 0.5) is 4.39 Å². The zero-order chi connectivity index (χ0) is 23.7. The second kappa shape index (κ2) is 9.16. The number of hydrogen-bond acceptors (Lipinski definition) is 4. The molecule has 1 aliphatic rings. The number of carbonyl (C=O) groups excluding carboxylic acids is 1. The topological polar surface area (TPSA) is 67.6 Å². The van der Waals surface area contributed by atoms with E-state index in [1.54, 1.807) is 0 Å². The van der Waals surface area contributed by atoms with Gasteiger partial charge in [-0.15, -0.1) is 0 Å². The van der Waals surface area contributed by atoms with Gasteiger partial charge in [0.1, 0.15) is 11.4 Å². The second-order valence-electron chi connectivity index (χ2n) is 8.55. The molecule has 0 aliphatic carbocycles. The Bertz CT molecular complexity index is 1450. The van der Waals surface area contributed by atoms with E-state index < -0.39 is 21.9 Å². The fourth-order valence-corrected chi connectivity index (χ4v) is 6.18. The molecule has 4 aromatic rings. The summed E-state index contributed by atoms with van der Waals surface area (Å²) in [5, 5.41) is 0.113. The number of sulfonamides is 1. The summed E-state index contributed by atoms with van der Waals surface area (Å²) < 4.78 is 46.8. The van der Waals surface area contributed by atoms with Crippen LogP contribution in [0.5, 0.6) is 0 Å². The van der Waals surface area contributed by atoms with Crippen molar-refractivity contribution >= 4 is 26.8 Å². The highest BCUT2D eigenvalue weighted by molar-refractivity contribution is 7.89. The van der Waals surface area contributed by atoms with Crippen LogP contribution in [0.25, 0.3) is 22.1 Å². The van der Waals surface area contributed by atoms with Gasteiger partial charge in [0.05, 0.1) is 6.04 Å². The van der Waals surface area contributed by atoms with Gasteiger partial charge in [-0.25, -0.2) is 12.8 Å². The number of carbonyl (C=O) groups is 1. The molecule has 1 saturated heterocycles. The van der Waals surface area contributed by atoms with E-state index in [1.165, 1.54) is 28.6 Å². The maximum atomic E-state index is 13.5. The van der Waals surface area contributed by atoms with Crippen LogP contribution < -0.4 is 0 Å². The van der Waals surface area contributed by atoms with Gasteiger partial charge in [0.2, 0.25) is 5.09 Å². The normalized spacial score (nSPS) is 16.8. The van der Waals surface area contributed by atoms with Crippen LogP contribution in [-0.2, 0) is 21.2 Å². The van der Waals surface area contributed by atoms with Crippen molar-refractivity contribution < 1.29 is 22.0 Å². The van der Waals surface area contributed by atoms with Gasteiger partial charge in [-0.1, -0.05) is 54.6 Å². The number of ketones is 1. The minimum Gasteiger partial charge on any atom is -0.443 e. The Morgan fingerprint density at radius 2 is 1.76 bits per heavy atom.